The van der Waals surface area contributed by atoms with Gasteiger partial charge < -0.3 is 5.11 Å². The second-order valence-corrected chi connectivity index (χ2v) is 5.57. The van der Waals surface area contributed by atoms with Crippen molar-refractivity contribution in [3.05, 3.63) is 35.6 Å². The molecule has 1 nitrogen and oxygen atoms in total. The van der Waals surface area contributed by atoms with E-state index in [1.165, 1.54) is 18.6 Å². The van der Waals surface area contributed by atoms with E-state index in [4.69, 9.17) is 0 Å². The largest absolute Gasteiger partial charge is 0.390 e. The molecule has 1 aromatic rings. The smallest absolute Gasteiger partial charge is 0.123 e. The van der Waals surface area contributed by atoms with Crippen LogP contribution in [-0.2, 0) is 6.42 Å². The molecule has 0 saturated heterocycles. The second-order valence-electron chi connectivity index (χ2n) is 5.57. The molecule has 94 valence electrons. The molecule has 0 radical (unpaired) electrons. The second kappa shape index (κ2) is 5.18. The number of halogens is 1. The van der Waals surface area contributed by atoms with E-state index in [9.17, 15) is 9.50 Å². The van der Waals surface area contributed by atoms with Crippen LogP contribution >= 0.6 is 0 Å². The van der Waals surface area contributed by atoms with Gasteiger partial charge in [0.2, 0.25) is 0 Å². The summed E-state index contributed by atoms with van der Waals surface area (Å²) in [4.78, 5) is 0. The number of hydrogen-bond acceptors (Lipinski definition) is 1. The maximum atomic E-state index is 13.1. The van der Waals surface area contributed by atoms with Crippen molar-refractivity contribution in [2.24, 2.45) is 5.92 Å². The fourth-order valence-electron chi connectivity index (χ4n) is 2.77. The van der Waals surface area contributed by atoms with E-state index in [1.54, 1.807) is 6.07 Å². The number of aliphatic hydroxyl groups is 1. The highest BCUT2D eigenvalue weighted by atomic mass is 19.1. The highest BCUT2D eigenvalue weighted by Crippen LogP contribution is 2.32. The Labute approximate surface area is 103 Å². The first-order valence-corrected chi connectivity index (χ1v) is 6.54. The number of rotatable bonds is 2. The molecule has 2 rings (SSSR count). The third-order valence-electron chi connectivity index (χ3n) is 3.86. The van der Waals surface area contributed by atoms with Crippen LogP contribution in [0.2, 0.25) is 0 Å². The molecule has 17 heavy (non-hydrogen) atoms. The van der Waals surface area contributed by atoms with E-state index in [1.807, 2.05) is 6.07 Å². The van der Waals surface area contributed by atoms with Crippen molar-refractivity contribution in [3.63, 3.8) is 0 Å². The van der Waals surface area contributed by atoms with Gasteiger partial charge in [-0.25, -0.2) is 4.39 Å². The van der Waals surface area contributed by atoms with E-state index in [0.717, 1.165) is 31.2 Å². The summed E-state index contributed by atoms with van der Waals surface area (Å²) in [5.74, 6) is 0.490. The zero-order chi connectivity index (χ0) is 12.3. The predicted molar refractivity (Wildman–Crippen MR) is 67.3 cm³/mol. The molecule has 1 saturated carbocycles. The van der Waals surface area contributed by atoms with Crippen molar-refractivity contribution >= 4 is 0 Å². The first-order valence-electron chi connectivity index (χ1n) is 6.54. The van der Waals surface area contributed by atoms with Crippen LogP contribution in [0.4, 0.5) is 4.39 Å². The highest BCUT2D eigenvalue weighted by molar-refractivity contribution is 5.18. The Bertz CT molecular complexity index is 377. The molecule has 2 heteroatoms. The van der Waals surface area contributed by atoms with Crippen molar-refractivity contribution < 1.29 is 9.50 Å². The van der Waals surface area contributed by atoms with E-state index in [-0.39, 0.29) is 5.82 Å². The summed E-state index contributed by atoms with van der Waals surface area (Å²) in [6.45, 7) is 2.24. The quantitative estimate of drug-likeness (QED) is 0.776. The van der Waals surface area contributed by atoms with Gasteiger partial charge >= 0.3 is 0 Å². The third kappa shape index (κ3) is 3.53. The fourth-order valence-corrected chi connectivity index (χ4v) is 2.77. The minimum Gasteiger partial charge on any atom is -0.390 e. The molecule has 0 aromatic heterocycles. The molecule has 0 spiro atoms. The normalized spacial score (nSPS) is 29.9. The lowest BCUT2D eigenvalue weighted by Crippen LogP contribution is -2.30. The molecule has 2 unspecified atom stereocenters. The van der Waals surface area contributed by atoms with E-state index in [2.05, 4.69) is 6.92 Å². The summed E-state index contributed by atoms with van der Waals surface area (Å²) in [6, 6.07) is 6.59. The van der Waals surface area contributed by atoms with Gasteiger partial charge in [-0.05, 0) is 42.9 Å². The summed E-state index contributed by atoms with van der Waals surface area (Å²) in [6.07, 6.45) is 5.61. The Morgan fingerprint density at radius 2 is 2.18 bits per heavy atom. The van der Waals surface area contributed by atoms with Crippen molar-refractivity contribution in [1.29, 1.82) is 0 Å². The van der Waals surface area contributed by atoms with E-state index in [0.29, 0.717) is 12.3 Å². The van der Waals surface area contributed by atoms with Crippen molar-refractivity contribution in [3.8, 4) is 0 Å². The zero-order valence-electron chi connectivity index (χ0n) is 10.5. The van der Waals surface area contributed by atoms with Gasteiger partial charge in [0.25, 0.3) is 0 Å². The van der Waals surface area contributed by atoms with Crippen LogP contribution in [0, 0.1) is 11.7 Å². The molecule has 1 fully saturated rings. The van der Waals surface area contributed by atoms with Gasteiger partial charge in [-0.3, -0.25) is 0 Å². The summed E-state index contributed by atoms with van der Waals surface area (Å²) < 4.78 is 13.1. The Morgan fingerprint density at radius 3 is 2.94 bits per heavy atom. The number of hydrogen-bond donors (Lipinski definition) is 1. The minimum atomic E-state index is -0.626. The molecule has 0 amide bonds. The van der Waals surface area contributed by atoms with Crippen molar-refractivity contribution in [1.82, 2.24) is 0 Å². The summed E-state index contributed by atoms with van der Waals surface area (Å²) in [5.41, 5.74) is 0.278. The van der Waals surface area contributed by atoms with Gasteiger partial charge in [-0.2, -0.15) is 0 Å². The fraction of sp³-hybridized carbons (Fsp3) is 0.600. The van der Waals surface area contributed by atoms with Gasteiger partial charge in [0.1, 0.15) is 5.82 Å². The van der Waals surface area contributed by atoms with Crippen molar-refractivity contribution in [2.75, 3.05) is 0 Å². The van der Waals surface area contributed by atoms with Gasteiger partial charge in [-0.15, -0.1) is 0 Å². The summed E-state index contributed by atoms with van der Waals surface area (Å²) >= 11 is 0. The van der Waals surface area contributed by atoms with Crippen LogP contribution in [0.25, 0.3) is 0 Å². The highest BCUT2D eigenvalue weighted by Gasteiger charge is 2.29. The Hall–Kier alpha value is -0.890. The Balaban J connectivity index is 2.06. The van der Waals surface area contributed by atoms with Gasteiger partial charge in [0.15, 0.2) is 0 Å². The maximum absolute atomic E-state index is 13.1. The zero-order valence-corrected chi connectivity index (χ0v) is 10.5. The van der Waals surface area contributed by atoms with Crippen LogP contribution < -0.4 is 0 Å². The Morgan fingerprint density at radius 1 is 1.35 bits per heavy atom. The van der Waals surface area contributed by atoms with Gasteiger partial charge in [0.05, 0.1) is 5.60 Å². The molecule has 1 aliphatic rings. The van der Waals surface area contributed by atoms with Gasteiger partial charge in [-0.1, -0.05) is 31.9 Å². The molecular weight excluding hydrogens is 215 g/mol. The lowest BCUT2D eigenvalue weighted by Gasteiger charge is -2.26. The molecular formula is C15H21FO. The first kappa shape index (κ1) is 12.6. The molecule has 0 heterocycles. The first-order chi connectivity index (χ1) is 8.07. The monoisotopic (exact) mass is 236 g/mol. The van der Waals surface area contributed by atoms with Crippen LogP contribution in [-0.4, -0.2) is 10.7 Å². The van der Waals surface area contributed by atoms with Crippen LogP contribution in [0.1, 0.15) is 44.6 Å². The van der Waals surface area contributed by atoms with Crippen molar-refractivity contribution in [2.45, 2.75) is 51.0 Å². The Kier molecular flexibility index (Phi) is 3.82. The predicted octanol–water partition coefficient (Wildman–Crippen LogP) is 3.70. The van der Waals surface area contributed by atoms with E-state index >= 15 is 0 Å². The van der Waals surface area contributed by atoms with Gasteiger partial charge in [0, 0.05) is 6.42 Å². The average molecular weight is 236 g/mol. The molecule has 2 atom stereocenters. The number of benzene rings is 1. The van der Waals surface area contributed by atoms with Crippen LogP contribution in [0.15, 0.2) is 24.3 Å². The van der Waals surface area contributed by atoms with Crippen LogP contribution in [0.3, 0.4) is 0 Å². The minimum absolute atomic E-state index is 0.215. The SMILES string of the molecule is CC1CCCC(O)(Cc2cccc(F)c2)CC1. The molecule has 0 bridgehead atoms. The van der Waals surface area contributed by atoms with Crippen LogP contribution in [0.5, 0.6) is 0 Å². The summed E-state index contributed by atoms with van der Waals surface area (Å²) in [5, 5.41) is 10.6. The summed E-state index contributed by atoms with van der Waals surface area (Å²) in [7, 11) is 0. The molecule has 1 aliphatic carbocycles. The van der Waals surface area contributed by atoms with E-state index < -0.39 is 5.60 Å². The molecule has 0 aliphatic heterocycles. The topological polar surface area (TPSA) is 20.2 Å². The lowest BCUT2D eigenvalue weighted by atomic mass is 9.87. The maximum Gasteiger partial charge on any atom is 0.123 e. The lowest BCUT2D eigenvalue weighted by molar-refractivity contribution is 0.0243. The third-order valence-corrected chi connectivity index (χ3v) is 3.86. The average Bonchev–Trinajstić information content (AvgIpc) is 2.41. The molecule has 1 aromatic carbocycles. The molecule has 1 N–H and O–H groups in total. The standard InChI is InChI=1S/C15H21FO/c1-12-4-3-8-15(17,9-7-12)11-13-5-2-6-14(16)10-13/h2,5-6,10,12,17H,3-4,7-9,11H2,1H3.